The Morgan fingerprint density at radius 3 is 2.62 bits per heavy atom. The van der Waals surface area contributed by atoms with E-state index in [0.29, 0.717) is 0 Å². The molecule has 1 fully saturated rings. The van der Waals surface area contributed by atoms with Gasteiger partial charge in [0.15, 0.2) is 6.61 Å². The van der Waals surface area contributed by atoms with Crippen LogP contribution in [0.3, 0.4) is 0 Å². The molecule has 0 spiro atoms. The summed E-state index contributed by atoms with van der Waals surface area (Å²) in [6.45, 7) is 1.10. The lowest BCUT2D eigenvalue weighted by molar-refractivity contribution is -0.385. The van der Waals surface area contributed by atoms with Gasteiger partial charge in [-0.15, -0.1) is 0 Å². The maximum absolute atomic E-state index is 12.3. The Morgan fingerprint density at radius 2 is 2.12 bits per heavy atom. The number of nitrogens with zero attached hydrogens (tertiary/aromatic N) is 2. The van der Waals surface area contributed by atoms with Gasteiger partial charge in [0, 0.05) is 18.2 Å². The molecule has 1 unspecified atom stereocenters. The van der Waals surface area contributed by atoms with Crippen LogP contribution in [0.2, 0.25) is 0 Å². The minimum absolute atomic E-state index is 0.0166. The largest absolute Gasteiger partial charge is 0.490 e. The number of hydrogen-bond donors (Lipinski definition) is 1. The van der Waals surface area contributed by atoms with Gasteiger partial charge in [-0.3, -0.25) is 14.9 Å². The highest BCUT2D eigenvalue weighted by Gasteiger charge is 2.38. The maximum Gasteiger partial charge on any atom is 0.326 e. The molecule has 1 saturated carbocycles. The number of benzene rings is 1. The molecular formula is C15H18N2O7. The minimum Gasteiger partial charge on any atom is -0.490 e. The third kappa shape index (κ3) is 3.92. The summed E-state index contributed by atoms with van der Waals surface area (Å²) in [7, 11) is 1.29. The molecular weight excluding hydrogens is 320 g/mol. The highest BCUT2D eigenvalue weighted by atomic mass is 16.6. The fourth-order valence-corrected chi connectivity index (χ4v) is 2.33. The number of hydrogen-bond acceptors (Lipinski definition) is 6. The van der Waals surface area contributed by atoms with E-state index in [9.17, 15) is 19.7 Å². The number of amides is 1. The van der Waals surface area contributed by atoms with Crippen molar-refractivity contribution in [2.45, 2.75) is 31.8 Å². The lowest BCUT2D eigenvalue weighted by Crippen LogP contribution is -2.46. The van der Waals surface area contributed by atoms with E-state index in [1.807, 2.05) is 0 Å². The molecule has 1 amide bonds. The highest BCUT2D eigenvalue weighted by Crippen LogP contribution is 2.31. The molecule has 1 atom stereocenters. The van der Waals surface area contributed by atoms with E-state index in [-0.39, 0.29) is 29.8 Å². The van der Waals surface area contributed by atoms with Gasteiger partial charge in [0.2, 0.25) is 5.75 Å². The standard InChI is InChI=1S/C15H18N2O7/c1-9(15(19)20)16(10-3-4-10)14(18)8-24-11-5-6-12(17(21)22)13(7-11)23-2/h5-7,9-10H,3-4,8H2,1-2H3,(H,19,20). The second-order valence-electron chi connectivity index (χ2n) is 5.43. The first-order chi connectivity index (χ1) is 11.3. The number of carboxylic acid groups (broad SMARTS) is 1. The molecule has 1 aliphatic carbocycles. The molecule has 9 heteroatoms. The zero-order valence-electron chi connectivity index (χ0n) is 13.3. The van der Waals surface area contributed by atoms with Gasteiger partial charge in [-0.25, -0.2) is 4.79 Å². The number of rotatable bonds is 8. The van der Waals surface area contributed by atoms with E-state index in [0.717, 1.165) is 12.8 Å². The molecule has 24 heavy (non-hydrogen) atoms. The van der Waals surface area contributed by atoms with Gasteiger partial charge in [-0.1, -0.05) is 0 Å². The number of carbonyl (C=O) groups is 2. The fraction of sp³-hybridized carbons (Fsp3) is 0.467. The molecule has 130 valence electrons. The van der Waals surface area contributed by atoms with Gasteiger partial charge < -0.3 is 19.5 Å². The first-order valence-corrected chi connectivity index (χ1v) is 7.34. The molecule has 0 heterocycles. The Hall–Kier alpha value is -2.84. The average Bonchev–Trinajstić information content (AvgIpc) is 3.37. The van der Waals surface area contributed by atoms with Gasteiger partial charge in [0.1, 0.15) is 11.8 Å². The minimum atomic E-state index is -1.08. The maximum atomic E-state index is 12.3. The van der Waals surface area contributed by atoms with Crippen LogP contribution in [0.15, 0.2) is 18.2 Å². The molecule has 0 aliphatic heterocycles. The number of methoxy groups -OCH3 is 1. The summed E-state index contributed by atoms with van der Waals surface area (Å²) in [4.78, 5) is 35.0. The van der Waals surface area contributed by atoms with E-state index < -0.39 is 22.8 Å². The third-order valence-corrected chi connectivity index (χ3v) is 3.71. The summed E-state index contributed by atoms with van der Waals surface area (Å²) in [6.07, 6.45) is 1.55. The molecule has 9 nitrogen and oxygen atoms in total. The van der Waals surface area contributed by atoms with Crippen LogP contribution in [0.1, 0.15) is 19.8 Å². The van der Waals surface area contributed by atoms with Crippen molar-refractivity contribution in [3.8, 4) is 11.5 Å². The number of carboxylic acids is 1. The topological polar surface area (TPSA) is 119 Å². The molecule has 0 bridgehead atoms. The van der Waals surface area contributed by atoms with E-state index in [1.165, 1.54) is 37.1 Å². The third-order valence-electron chi connectivity index (χ3n) is 3.71. The first-order valence-electron chi connectivity index (χ1n) is 7.34. The summed E-state index contributed by atoms with van der Waals surface area (Å²) in [6, 6.07) is 2.89. The summed E-state index contributed by atoms with van der Waals surface area (Å²) in [5, 5.41) is 19.9. The Labute approximate surface area is 137 Å². The van der Waals surface area contributed by atoms with Crippen molar-refractivity contribution in [1.82, 2.24) is 4.90 Å². The zero-order valence-corrected chi connectivity index (χ0v) is 13.3. The van der Waals surface area contributed by atoms with Crippen molar-refractivity contribution in [3.63, 3.8) is 0 Å². The molecule has 1 N–H and O–H groups in total. The Morgan fingerprint density at radius 1 is 1.46 bits per heavy atom. The van der Waals surface area contributed by atoms with Crippen LogP contribution in [-0.2, 0) is 9.59 Å². The highest BCUT2D eigenvalue weighted by molar-refractivity contribution is 5.84. The average molecular weight is 338 g/mol. The molecule has 2 rings (SSSR count). The van der Waals surface area contributed by atoms with Gasteiger partial charge in [0.25, 0.3) is 5.91 Å². The number of ether oxygens (including phenoxy) is 2. The lowest BCUT2D eigenvalue weighted by atomic mass is 10.2. The zero-order chi connectivity index (χ0) is 17.9. The quantitative estimate of drug-likeness (QED) is 0.562. The van der Waals surface area contributed by atoms with Crippen molar-refractivity contribution in [1.29, 1.82) is 0 Å². The number of aliphatic carboxylic acids is 1. The van der Waals surface area contributed by atoms with Crippen molar-refractivity contribution >= 4 is 17.6 Å². The summed E-state index contributed by atoms with van der Waals surface area (Å²) in [5.74, 6) is -1.27. The fourth-order valence-electron chi connectivity index (χ4n) is 2.33. The smallest absolute Gasteiger partial charge is 0.326 e. The van der Waals surface area contributed by atoms with E-state index in [2.05, 4.69) is 0 Å². The predicted octanol–water partition coefficient (Wildman–Crippen LogP) is 1.45. The summed E-state index contributed by atoms with van der Waals surface area (Å²) >= 11 is 0. The molecule has 1 aliphatic rings. The lowest BCUT2D eigenvalue weighted by Gasteiger charge is -2.26. The van der Waals surface area contributed by atoms with Crippen molar-refractivity contribution in [2.24, 2.45) is 0 Å². The summed E-state index contributed by atoms with van der Waals surface area (Å²) in [5.41, 5.74) is -0.213. The second kappa shape index (κ2) is 7.16. The van der Waals surface area contributed by atoms with Crippen LogP contribution in [0, 0.1) is 10.1 Å². The van der Waals surface area contributed by atoms with Gasteiger partial charge in [-0.2, -0.15) is 0 Å². The first kappa shape index (κ1) is 17.5. The van der Waals surface area contributed by atoms with Gasteiger partial charge >= 0.3 is 11.7 Å². The van der Waals surface area contributed by atoms with E-state index >= 15 is 0 Å². The van der Waals surface area contributed by atoms with Crippen LogP contribution >= 0.6 is 0 Å². The van der Waals surface area contributed by atoms with Crippen LogP contribution in [0.4, 0.5) is 5.69 Å². The molecule has 0 saturated heterocycles. The van der Waals surface area contributed by atoms with Gasteiger partial charge in [-0.05, 0) is 25.8 Å². The predicted molar refractivity (Wildman–Crippen MR) is 82.1 cm³/mol. The Kier molecular flexibility index (Phi) is 5.22. The number of nitro benzene ring substituents is 1. The second-order valence-corrected chi connectivity index (χ2v) is 5.43. The van der Waals surface area contributed by atoms with E-state index in [4.69, 9.17) is 14.6 Å². The Bertz CT molecular complexity index is 657. The summed E-state index contributed by atoms with van der Waals surface area (Å²) < 4.78 is 10.3. The monoisotopic (exact) mass is 338 g/mol. The Balaban J connectivity index is 2.05. The van der Waals surface area contributed by atoms with Crippen LogP contribution < -0.4 is 9.47 Å². The van der Waals surface area contributed by atoms with Crippen molar-refractivity contribution < 1.29 is 29.1 Å². The molecule has 0 radical (unpaired) electrons. The SMILES string of the molecule is COc1cc(OCC(=O)N(C2CC2)C(C)C(=O)O)ccc1[N+](=O)[O-]. The van der Waals surface area contributed by atoms with Crippen molar-refractivity contribution in [3.05, 3.63) is 28.3 Å². The number of nitro groups is 1. The number of carbonyl (C=O) groups excluding carboxylic acids is 1. The normalized spacial score (nSPS) is 14.6. The molecule has 1 aromatic carbocycles. The van der Waals surface area contributed by atoms with Crippen LogP contribution in [0.25, 0.3) is 0 Å². The van der Waals surface area contributed by atoms with E-state index in [1.54, 1.807) is 0 Å². The van der Waals surface area contributed by atoms with Gasteiger partial charge in [0.05, 0.1) is 12.0 Å². The molecule has 1 aromatic rings. The van der Waals surface area contributed by atoms with Crippen LogP contribution in [0.5, 0.6) is 11.5 Å². The van der Waals surface area contributed by atoms with Crippen LogP contribution in [-0.4, -0.2) is 52.6 Å². The van der Waals surface area contributed by atoms with Crippen molar-refractivity contribution in [2.75, 3.05) is 13.7 Å². The molecule has 0 aromatic heterocycles.